The zero-order valence-corrected chi connectivity index (χ0v) is 13.8. The van der Waals surface area contributed by atoms with E-state index in [1.807, 2.05) is 17.2 Å². The number of nitrogens with zero attached hydrogens (tertiary/aromatic N) is 1. The molecule has 1 amide bonds. The molecule has 0 spiro atoms. The van der Waals surface area contributed by atoms with E-state index in [0.29, 0.717) is 19.5 Å². The summed E-state index contributed by atoms with van der Waals surface area (Å²) in [7, 11) is 0. The zero-order chi connectivity index (χ0) is 14.4. The fourth-order valence-corrected chi connectivity index (χ4v) is 2.96. The van der Waals surface area contributed by atoms with Crippen LogP contribution in [0.2, 0.25) is 0 Å². The predicted molar refractivity (Wildman–Crippen MR) is 88.6 cm³/mol. The van der Waals surface area contributed by atoms with Crippen LogP contribution < -0.4 is 5.32 Å². The summed E-state index contributed by atoms with van der Waals surface area (Å²) in [6.45, 7) is 2.19. The van der Waals surface area contributed by atoms with E-state index in [2.05, 4.69) is 5.32 Å². The lowest BCUT2D eigenvalue weighted by Crippen LogP contribution is -2.48. The third-order valence-electron chi connectivity index (χ3n) is 3.54. The maximum Gasteiger partial charge on any atom is 0.223 e. The van der Waals surface area contributed by atoms with Crippen LogP contribution in [-0.2, 0) is 4.79 Å². The Kier molecular flexibility index (Phi) is 8.07. The number of halogens is 2. The number of nitrogens with one attached hydrogen (secondary N) is 1. The molecule has 6 heteroatoms. The van der Waals surface area contributed by atoms with Crippen LogP contribution >= 0.6 is 24.2 Å². The normalized spacial score (nSPS) is 18.2. The first-order chi connectivity index (χ1) is 9.72. The van der Waals surface area contributed by atoms with Gasteiger partial charge in [0.1, 0.15) is 5.82 Å². The van der Waals surface area contributed by atoms with Gasteiger partial charge in [-0.25, -0.2) is 4.39 Å². The molecule has 1 saturated heterocycles. The summed E-state index contributed by atoms with van der Waals surface area (Å²) in [5.41, 5.74) is 0.871. The summed E-state index contributed by atoms with van der Waals surface area (Å²) in [5.74, 6) is 0.931. The third-order valence-corrected chi connectivity index (χ3v) is 4.23. The smallest absolute Gasteiger partial charge is 0.223 e. The molecule has 21 heavy (non-hydrogen) atoms. The van der Waals surface area contributed by atoms with E-state index in [-0.39, 0.29) is 30.2 Å². The van der Waals surface area contributed by atoms with Gasteiger partial charge in [-0.05, 0) is 36.1 Å². The highest BCUT2D eigenvalue weighted by Crippen LogP contribution is 2.24. The van der Waals surface area contributed by atoms with Crippen molar-refractivity contribution < 1.29 is 9.18 Å². The van der Waals surface area contributed by atoms with Crippen LogP contribution in [-0.4, -0.2) is 42.4 Å². The lowest BCUT2D eigenvalue weighted by atomic mass is 10.0. The Morgan fingerprint density at radius 1 is 1.52 bits per heavy atom. The van der Waals surface area contributed by atoms with Gasteiger partial charge in [-0.3, -0.25) is 4.79 Å². The number of amides is 1. The van der Waals surface area contributed by atoms with E-state index in [9.17, 15) is 9.18 Å². The van der Waals surface area contributed by atoms with Gasteiger partial charge in [-0.15, -0.1) is 12.4 Å². The number of benzene rings is 1. The quantitative estimate of drug-likeness (QED) is 0.841. The zero-order valence-electron chi connectivity index (χ0n) is 12.2. The summed E-state index contributed by atoms with van der Waals surface area (Å²) < 4.78 is 13.4. The van der Waals surface area contributed by atoms with E-state index in [4.69, 9.17) is 0 Å². The molecule has 1 fully saturated rings. The Bertz CT molecular complexity index is 461. The topological polar surface area (TPSA) is 32.3 Å². The van der Waals surface area contributed by atoms with E-state index < -0.39 is 0 Å². The first-order valence-electron chi connectivity index (χ1n) is 6.97. The Balaban J connectivity index is 0.00000220. The highest BCUT2D eigenvalue weighted by molar-refractivity contribution is 7.98. The number of carbonyl (C=O) groups excluding carboxylic acids is 1. The average molecular weight is 333 g/mol. The van der Waals surface area contributed by atoms with Gasteiger partial charge in [-0.2, -0.15) is 11.8 Å². The minimum absolute atomic E-state index is 0. The van der Waals surface area contributed by atoms with Gasteiger partial charge < -0.3 is 10.2 Å². The van der Waals surface area contributed by atoms with Crippen molar-refractivity contribution in [3.8, 4) is 0 Å². The van der Waals surface area contributed by atoms with Crippen LogP contribution in [0.5, 0.6) is 0 Å². The highest BCUT2D eigenvalue weighted by atomic mass is 35.5. The number of rotatable bonds is 5. The SMILES string of the molecule is CSCCCC(=O)N1CCNCC1c1cccc(F)c1.Cl. The molecular weight excluding hydrogens is 311 g/mol. The molecule has 0 bridgehead atoms. The van der Waals surface area contributed by atoms with Crippen molar-refractivity contribution in [1.29, 1.82) is 0 Å². The van der Waals surface area contributed by atoms with E-state index in [1.165, 1.54) is 12.1 Å². The van der Waals surface area contributed by atoms with E-state index >= 15 is 0 Å². The first-order valence-corrected chi connectivity index (χ1v) is 8.36. The lowest BCUT2D eigenvalue weighted by molar-refractivity contribution is -0.134. The fraction of sp³-hybridized carbons (Fsp3) is 0.533. The predicted octanol–water partition coefficient (Wildman–Crippen LogP) is 2.86. The van der Waals surface area contributed by atoms with Crippen molar-refractivity contribution in [3.05, 3.63) is 35.6 Å². The number of hydrogen-bond acceptors (Lipinski definition) is 3. The van der Waals surface area contributed by atoms with Crippen molar-refractivity contribution in [1.82, 2.24) is 10.2 Å². The summed E-state index contributed by atoms with van der Waals surface area (Å²) in [6.07, 6.45) is 3.53. The van der Waals surface area contributed by atoms with Crippen LogP contribution in [0.1, 0.15) is 24.4 Å². The Morgan fingerprint density at radius 2 is 2.33 bits per heavy atom. The molecule has 1 aliphatic rings. The molecule has 1 N–H and O–H groups in total. The molecule has 1 atom stereocenters. The van der Waals surface area contributed by atoms with Crippen molar-refractivity contribution in [3.63, 3.8) is 0 Å². The Morgan fingerprint density at radius 3 is 3.05 bits per heavy atom. The van der Waals surface area contributed by atoms with Gasteiger partial charge in [0.05, 0.1) is 6.04 Å². The van der Waals surface area contributed by atoms with Crippen LogP contribution in [0.15, 0.2) is 24.3 Å². The fourth-order valence-electron chi connectivity index (χ4n) is 2.53. The summed E-state index contributed by atoms with van der Waals surface area (Å²) >= 11 is 1.76. The molecule has 0 aromatic heterocycles. The van der Waals surface area contributed by atoms with E-state index in [1.54, 1.807) is 17.8 Å². The number of thioether (sulfide) groups is 1. The third kappa shape index (κ3) is 5.16. The second kappa shape index (κ2) is 9.28. The molecule has 1 heterocycles. The lowest BCUT2D eigenvalue weighted by Gasteiger charge is -2.36. The molecule has 118 valence electrons. The summed E-state index contributed by atoms with van der Waals surface area (Å²) in [4.78, 5) is 14.2. The average Bonchev–Trinajstić information content (AvgIpc) is 2.47. The van der Waals surface area contributed by atoms with Crippen LogP contribution in [0, 0.1) is 5.82 Å². The number of hydrogen-bond donors (Lipinski definition) is 1. The Hall–Kier alpha value is -0.780. The van der Waals surface area contributed by atoms with Gasteiger partial charge in [0, 0.05) is 26.1 Å². The maximum atomic E-state index is 13.4. The van der Waals surface area contributed by atoms with Gasteiger partial charge in [0.25, 0.3) is 0 Å². The Labute approximate surface area is 136 Å². The number of piperazine rings is 1. The molecule has 2 rings (SSSR count). The highest BCUT2D eigenvalue weighted by Gasteiger charge is 2.27. The van der Waals surface area contributed by atoms with Crippen LogP contribution in [0.25, 0.3) is 0 Å². The maximum absolute atomic E-state index is 13.4. The molecule has 0 saturated carbocycles. The van der Waals surface area contributed by atoms with Crippen molar-refractivity contribution in [2.24, 2.45) is 0 Å². The second-order valence-corrected chi connectivity index (χ2v) is 5.94. The molecule has 1 aromatic carbocycles. The van der Waals surface area contributed by atoms with Crippen LogP contribution in [0.3, 0.4) is 0 Å². The minimum Gasteiger partial charge on any atom is -0.333 e. The van der Waals surface area contributed by atoms with Gasteiger partial charge in [0.2, 0.25) is 5.91 Å². The van der Waals surface area contributed by atoms with E-state index in [0.717, 1.165) is 24.3 Å². The largest absolute Gasteiger partial charge is 0.333 e. The molecule has 0 aliphatic carbocycles. The molecule has 3 nitrogen and oxygen atoms in total. The minimum atomic E-state index is -0.247. The monoisotopic (exact) mass is 332 g/mol. The number of carbonyl (C=O) groups is 1. The molecule has 1 aromatic rings. The van der Waals surface area contributed by atoms with Gasteiger partial charge >= 0.3 is 0 Å². The van der Waals surface area contributed by atoms with Gasteiger partial charge in [-0.1, -0.05) is 12.1 Å². The molecular formula is C15H22ClFN2OS. The molecule has 1 unspecified atom stereocenters. The molecule has 0 radical (unpaired) electrons. The standard InChI is InChI=1S/C15H21FN2OS.ClH/c1-20-9-3-6-15(19)18-8-7-17-11-14(18)12-4-2-5-13(16)10-12;/h2,4-5,10,14,17H,3,6-9,11H2,1H3;1H. The van der Waals surface area contributed by atoms with Crippen LogP contribution in [0.4, 0.5) is 4.39 Å². The first kappa shape index (κ1) is 18.3. The van der Waals surface area contributed by atoms with Crippen molar-refractivity contribution in [2.75, 3.05) is 31.6 Å². The molecule has 1 aliphatic heterocycles. The van der Waals surface area contributed by atoms with Gasteiger partial charge in [0.15, 0.2) is 0 Å². The summed E-state index contributed by atoms with van der Waals surface area (Å²) in [5, 5.41) is 3.28. The van der Waals surface area contributed by atoms with Crippen molar-refractivity contribution >= 4 is 30.1 Å². The summed E-state index contributed by atoms with van der Waals surface area (Å²) in [6, 6.07) is 6.50. The second-order valence-electron chi connectivity index (χ2n) is 4.96. The van der Waals surface area contributed by atoms with Crippen molar-refractivity contribution in [2.45, 2.75) is 18.9 Å².